The first-order valence-electron chi connectivity index (χ1n) is 4.38. The molecule has 2 N–H and O–H groups in total. The summed E-state index contributed by atoms with van der Waals surface area (Å²) in [7, 11) is 0. The van der Waals surface area contributed by atoms with E-state index in [0.29, 0.717) is 18.5 Å². The van der Waals surface area contributed by atoms with Crippen LogP contribution in [0, 0.1) is 5.82 Å². The normalized spacial score (nSPS) is 10.4. The van der Waals surface area contributed by atoms with E-state index >= 15 is 0 Å². The highest BCUT2D eigenvalue weighted by Crippen LogP contribution is 2.19. The van der Waals surface area contributed by atoms with Gasteiger partial charge in [0, 0.05) is 0 Å². The van der Waals surface area contributed by atoms with E-state index in [1.54, 1.807) is 18.2 Å². The number of rotatable bonds is 4. The average Bonchev–Trinajstić information content (AvgIpc) is 2.13. The minimum absolute atomic E-state index is 0.199. The van der Waals surface area contributed by atoms with Gasteiger partial charge in [-0.05, 0) is 37.4 Å². The van der Waals surface area contributed by atoms with E-state index in [2.05, 4.69) is 0 Å². The Bertz CT molecular complexity index is 276. The fourth-order valence-corrected chi connectivity index (χ4v) is 1.40. The lowest BCUT2D eigenvalue weighted by molar-refractivity contribution is 0.601. The predicted octanol–water partition coefficient (Wildman–Crippen LogP) is 2.76. The maximum atomic E-state index is 13.3. The highest BCUT2D eigenvalue weighted by Gasteiger charge is 2.04. The van der Waals surface area contributed by atoms with Gasteiger partial charge in [0.25, 0.3) is 0 Å². The van der Waals surface area contributed by atoms with Crippen LogP contribution in [-0.4, -0.2) is 6.54 Å². The third kappa shape index (κ3) is 2.98. The number of hydrogen-bond donors (Lipinski definition) is 1. The van der Waals surface area contributed by atoms with Crippen molar-refractivity contribution in [2.45, 2.75) is 19.3 Å². The van der Waals surface area contributed by atoms with E-state index in [9.17, 15) is 4.39 Å². The number of aryl methyl sites for hydroxylation is 1. The highest BCUT2D eigenvalue weighted by molar-refractivity contribution is 6.30. The molecule has 0 aliphatic rings. The van der Waals surface area contributed by atoms with Gasteiger partial charge in [-0.1, -0.05) is 23.7 Å². The summed E-state index contributed by atoms with van der Waals surface area (Å²) in [5.41, 5.74) is 6.02. The van der Waals surface area contributed by atoms with Gasteiger partial charge in [-0.3, -0.25) is 0 Å². The Hall–Kier alpha value is -0.600. The number of nitrogens with two attached hydrogens (primary N) is 1. The van der Waals surface area contributed by atoms with E-state index in [-0.39, 0.29) is 10.8 Å². The molecule has 0 bridgehead atoms. The molecule has 0 saturated heterocycles. The van der Waals surface area contributed by atoms with Crippen LogP contribution in [0.5, 0.6) is 0 Å². The lowest BCUT2D eigenvalue weighted by Crippen LogP contribution is -2.00. The third-order valence-electron chi connectivity index (χ3n) is 1.93. The summed E-state index contributed by atoms with van der Waals surface area (Å²) in [5, 5.41) is 0.199. The second-order valence-corrected chi connectivity index (χ2v) is 3.37. The fourth-order valence-electron chi connectivity index (χ4n) is 1.20. The molecule has 0 amide bonds. The minimum Gasteiger partial charge on any atom is -0.330 e. The van der Waals surface area contributed by atoms with E-state index in [4.69, 9.17) is 17.3 Å². The van der Waals surface area contributed by atoms with Crippen LogP contribution in [0.3, 0.4) is 0 Å². The molecule has 0 aromatic heterocycles. The zero-order chi connectivity index (χ0) is 9.68. The summed E-state index contributed by atoms with van der Waals surface area (Å²) in [6.45, 7) is 0.655. The first kappa shape index (κ1) is 10.5. The van der Waals surface area contributed by atoms with Crippen molar-refractivity contribution in [3.05, 3.63) is 34.6 Å². The van der Waals surface area contributed by atoms with Crippen LogP contribution in [0.2, 0.25) is 5.02 Å². The monoisotopic (exact) mass is 201 g/mol. The van der Waals surface area contributed by atoms with Gasteiger partial charge >= 0.3 is 0 Å². The van der Waals surface area contributed by atoms with Crippen molar-refractivity contribution >= 4 is 11.6 Å². The summed E-state index contributed by atoms with van der Waals surface area (Å²) < 4.78 is 13.3. The van der Waals surface area contributed by atoms with Gasteiger partial charge in [0.1, 0.15) is 5.82 Å². The molecule has 0 atom stereocenters. The van der Waals surface area contributed by atoms with Crippen molar-refractivity contribution in [2.75, 3.05) is 6.54 Å². The van der Waals surface area contributed by atoms with Crippen molar-refractivity contribution in [1.82, 2.24) is 0 Å². The van der Waals surface area contributed by atoms with Gasteiger partial charge in [0.2, 0.25) is 0 Å². The molecule has 1 aromatic carbocycles. The summed E-state index contributed by atoms with van der Waals surface area (Å²) in [5.74, 6) is -0.291. The molecule has 0 fully saturated rings. The molecule has 0 heterocycles. The van der Waals surface area contributed by atoms with Gasteiger partial charge in [-0.15, -0.1) is 0 Å². The molecule has 1 nitrogen and oxygen atoms in total. The Morgan fingerprint density at radius 1 is 1.31 bits per heavy atom. The fraction of sp³-hybridized carbons (Fsp3) is 0.400. The van der Waals surface area contributed by atoms with Crippen molar-refractivity contribution in [1.29, 1.82) is 0 Å². The molecular weight excluding hydrogens is 189 g/mol. The van der Waals surface area contributed by atoms with Gasteiger partial charge in [-0.25, -0.2) is 4.39 Å². The zero-order valence-corrected chi connectivity index (χ0v) is 8.15. The maximum Gasteiger partial charge on any atom is 0.144 e. The third-order valence-corrected chi connectivity index (χ3v) is 2.22. The molecule has 0 saturated carbocycles. The van der Waals surface area contributed by atoms with Crippen molar-refractivity contribution in [3.63, 3.8) is 0 Å². The first-order chi connectivity index (χ1) is 6.25. The van der Waals surface area contributed by atoms with E-state index in [1.807, 2.05) is 0 Å². The topological polar surface area (TPSA) is 26.0 Å². The summed E-state index contributed by atoms with van der Waals surface area (Å²) in [6.07, 6.45) is 2.54. The summed E-state index contributed by atoms with van der Waals surface area (Å²) in [6, 6.07) is 5.09. The molecule has 0 radical (unpaired) electrons. The Morgan fingerprint density at radius 3 is 2.77 bits per heavy atom. The van der Waals surface area contributed by atoms with Crippen LogP contribution in [0.15, 0.2) is 18.2 Å². The van der Waals surface area contributed by atoms with Gasteiger partial charge in [0.15, 0.2) is 0 Å². The highest BCUT2D eigenvalue weighted by atomic mass is 35.5. The van der Waals surface area contributed by atoms with Crippen molar-refractivity contribution < 1.29 is 4.39 Å². The van der Waals surface area contributed by atoms with Gasteiger partial charge < -0.3 is 5.73 Å². The van der Waals surface area contributed by atoms with Gasteiger partial charge in [0.05, 0.1) is 5.02 Å². The van der Waals surface area contributed by atoms with E-state index in [1.165, 1.54) is 0 Å². The molecule has 3 heteroatoms. The van der Waals surface area contributed by atoms with Crippen molar-refractivity contribution in [3.8, 4) is 0 Å². The smallest absolute Gasteiger partial charge is 0.144 e. The van der Waals surface area contributed by atoms with Crippen LogP contribution in [0.1, 0.15) is 18.4 Å². The Balaban J connectivity index is 2.61. The van der Waals surface area contributed by atoms with Crippen LogP contribution >= 0.6 is 11.6 Å². The maximum absolute atomic E-state index is 13.3. The summed E-state index contributed by atoms with van der Waals surface area (Å²) in [4.78, 5) is 0. The molecule has 1 aromatic rings. The number of hydrogen-bond acceptors (Lipinski definition) is 1. The average molecular weight is 202 g/mol. The predicted molar refractivity (Wildman–Crippen MR) is 53.4 cm³/mol. The minimum atomic E-state index is -0.291. The Kier molecular flexibility index (Phi) is 4.19. The largest absolute Gasteiger partial charge is 0.330 e. The second-order valence-electron chi connectivity index (χ2n) is 2.96. The molecule has 0 aliphatic carbocycles. The standard InChI is InChI=1S/C10H13ClFN/c11-9-6-3-5-8(10(9)12)4-1-2-7-13/h3,5-6H,1-2,4,7,13H2. The SMILES string of the molecule is NCCCCc1cccc(Cl)c1F. The Labute approximate surface area is 82.7 Å². The molecular formula is C10H13ClFN. The molecule has 1 rings (SSSR count). The second kappa shape index (κ2) is 5.20. The lowest BCUT2D eigenvalue weighted by Gasteiger charge is -2.03. The van der Waals surface area contributed by atoms with E-state index in [0.717, 1.165) is 12.8 Å². The van der Waals surface area contributed by atoms with E-state index < -0.39 is 0 Å². The molecule has 0 aliphatic heterocycles. The zero-order valence-electron chi connectivity index (χ0n) is 7.39. The molecule has 0 unspecified atom stereocenters. The van der Waals surface area contributed by atoms with Crippen LogP contribution in [0.4, 0.5) is 4.39 Å². The van der Waals surface area contributed by atoms with Gasteiger partial charge in [-0.2, -0.15) is 0 Å². The first-order valence-corrected chi connectivity index (χ1v) is 4.76. The summed E-state index contributed by atoms with van der Waals surface area (Å²) >= 11 is 5.63. The Morgan fingerprint density at radius 2 is 2.08 bits per heavy atom. The number of halogens is 2. The van der Waals surface area contributed by atoms with Crippen molar-refractivity contribution in [2.24, 2.45) is 5.73 Å². The van der Waals surface area contributed by atoms with Crippen LogP contribution < -0.4 is 5.73 Å². The van der Waals surface area contributed by atoms with Crippen LogP contribution in [-0.2, 0) is 6.42 Å². The number of unbranched alkanes of at least 4 members (excludes halogenated alkanes) is 1. The van der Waals surface area contributed by atoms with Crippen LogP contribution in [0.25, 0.3) is 0 Å². The molecule has 13 heavy (non-hydrogen) atoms. The number of benzene rings is 1. The molecule has 72 valence electrons. The lowest BCUT2D eigenvalue weighted by atomic mass is 10.1. The quantitative estimate of drug-likeness (QED) is 0.745. The molecule has 0 spiro atoms.